The van der Waals surface area contributed by atoms with Crippen LogP contribution in [0.3, 0.4) is 0 Å². The van der Waals surface area contributed by atoms with E-state index in [9.17, 15) is 9.59 Å². The fourth-order valence-corrected chi connectivity index (χ4v) is 4.07. The van der Waals surface area contributed by atoms with E-state index in [0.29, 0.717) is 18.7 Å². The van der Waals surface area contributed by atoms with Gasteiger partial charge >= 0.3 is 0 Å². The van der Waals surface area contributed by atoms with Gasteiger partial charge in [-0.3, -0.25) is 9.59 Å². The smallest absolute Gasteiger partial charge is 0.261 e. The maximum Gasteiger partial charge on any atom is 0.261 e. The number of amides is 2. The van der Waals surface area contributed by atoms with Crippen molar-refractivity contribution in [3.05, 3.63) is 101 Å². The molecule has 3 aromatic rings. The second-order valence-electron chi connectivity index (χ2n) is 9.59. The molecule has 5 heteroatoms. The lowest BCUT2D eigenvalue weighted by Gasteiger charge is -2.32. The summed E-state index contributed by atoms with van der Waals surface area (Å²) in [6, 6.07) is 23.1. The van der Waals surface area contributed by atoms with Crippen LogP contribution in [0.2, 0.25) is 0 Å². The molecule has 1 N–H and O–H groups in total. The predicted molar refractivity (Wildman–Crippen MR) is 145 cm³/mol. The number of hydrogen-bond donors (Lipinski definition) is 1. The summed E-state index contributed by atoms with van der Waals surface area (Å²) in [6.45, 7) is 10.2. The molecule has 2 atom stereocenters. The molecule has 0 aliphatic carbocycles. The van der Waals surface area contributed by atoms with Gasteiger partial charge in [-0.2, -0.15) is 0 Å². The first-order chi connectivity index (χ1) is 17.3. The Balaban J connectivity index is 1.91. The molecule has 0 aliphatic rings. The van der Waals surface area contributed by atoms with Crippen molar-refractivity contribution in [2.24, 2.45) is 0 Å². The second-order valence-corrected chi connectivity index (χ2v) is 9.59. The molecular formula is C31H38N2O3. The van der Waals surface area contributed by atoms with Crippen LogP contribution in [0.4, 0.5) is 0 Å². The van der Waals surface area contributed by atoms with E-state index in [1.807, 2.05) is 107 Å². The Kier molecular flexibility index (Phi) is 9.69. The number of benzene rings is 3. The highest BCUT2D eigenvalue weighted by Gasteiger charge is 2.31. The summed E-state index contributed by atoms with van der Waals surface area (Å²) in [4.78, 5) is 28.9. The van der Waals surface area contributed by atoms with Gasteiger partial charge in [0, 0.05) is 19.0 Å². The zero-order valence-corrected chi connectivity index (χ0v) is 22.1. The minimum atomic E-state index is -0.669. The Bertz CT molecular complexity index is 1140. The number of ether oxygens (including phenoxy) is 1. The van der Waals surface area contributed by atoms with E-state index in [1.165, 1.54) is 0 Å². The molecule has 0 unspecified atom stereocenters. The van der Waals surface area contributed by atoms with Gasteiger partial charge in [-0.15, -0.1) is 0 Å². The summed E-state index contributed by atoms with van der Waals surface area (Å²) in [7, 11) is 0. The SMILES string of the molecule is CC[C@H](C)NC(=O)[C@@H](Cc1ccccc1)N(Cc1ccc(C)cc1)C(=O)COc1ccc(C)cc1C. The minimum absolute atomic E-state index is 0.0126. The maximum atomic E-state index is 13.7. The maximum absolute atomic E-state index is 13.7. The zero-order chi connectivity index (χ0) is 26.1. The van der Waals surface area contributed by atoms with Crippen LogP contribution >= 0.6 is 0 Å². The largest absolute Gasteiger partial charge is 0.483 e. The molecule has 5 nitrogen and oxygen atoms in total. The van der Waals surface area contributed by atoms with Gasteiger partial charge in [0.25, 0.3) is 5.91 Å². The molecule has 0 saturated heterocycles. The van der Waals surface area contributed by atoms with Gasteiger partial charge in [0.2, 0.25) is 5.91 Å². The van der Waals surface area contributed by atoms with E-state index < -0.39 is 6.04 Å². The number of nitrogens with one attached hydrogen (secondary N) is 1. The summed E-state index contributed by atoms with van der Waals surface area (Å²) < 4.78 is 5.95. The molecule has 0 aromatic heterocycles. The normalized spacial score (nSPS) is 12.5. The molecule has 3 rings (SSSR count). The average molecular weight is 487 g/mol. The van der Waals surface area contributed by atoms with Crippen molar-refractivity contribution in [1.82, 2.24) is 10.2 Å². The van der Waals surface area contributed by atoms with Crippen molar-refractivity contribution in [3.8, 4) is 5.75 Å². The molecule has 0 radical (unpaired) electrons. The summed E-state index contributed by atoms with van der Waals surface area (Å²) >= 11 is 0. The van der Waals surface area contributed by atoms with E-state index in [1.54, 1.807) is 4.90 Å². The van der Waals surface area contributed by atoms with E-state index in [0.717, 1.165) is 34.2 Å². The fraction of sp³-hybridized carbons (Fsp3) is 0.355. The number of carbonyl (C=O) groups is 2. The molecule has 0 saturated carbocycles. The van der Waals surface area contributed by atoms with Gasteiger partial charge < -0.3 is 15.0 Å². The lowest BCUT2D eigenvalue weighted by molar-refractivity contribution is -0.143. The first-order valence-corrected chi connectivity index (χ1v) is 12.7. The third-order valence-electron chi connectivity index (χ3n) is 6.43. The van der Waals surface area contributed by atoms with Crippen LogP contribution in [-0.4, -0.2) is 35.4 Å². The van der Waals surface area contributed by atoms with Gasteiger partial charge in [0.1, 0.15) is 11.8 Å². The molecule has 190 valence electrons. The number of carbonyl (C=O) groups excluding carboxylic acids is 2. The van der Waals surface area contributed by atoms with Crippen molar-refractivity contribution in [3.63, 3.8) is 0 Å². The van der Waals surface area contributed by atoms with Gasteiger partial charge in [-0.1, -0.05) is 84.8 Å². The van der Waals surface area contributed by atoms with Gasteiger partial charge in [-0.05, 0) is 56.9 Å². The summed E-state index contributed by atoms with van der Waals surface area (Å²) in [5.41, 5.74) is 5.22. The third kappa shape index (κ3) is 7.70. The Morgan fingerprint density at radius 3 is 2.19 bits per heavy atom. The topological polar surface area (TPSA) is 58.6 Å². The van der Waals surface area contributed by atoms with Crippen LogP contribution in [0.15, 0.2) is 72.8 Å². The van der Waals surface area contributed by atoms with E-state index in [4.69, 9.17) is 4.74 Å². The van der Waals surface area contributed by atoms with Crippen molar-refractivity contribution in [1.29, 1.82) is 0 Å². The average Bonchev–Trinajstić information content (AvgIpc) is 2.87. The quantitative estimate of drug-likeness (QED) is 0.387. The Morgan fingerprint density at radius 1 is 0.889 bits per heavy atom. The third-order valence-corrected chi connectivity index (χ3v) is 6.43. The van der Waals surface area contributed by atoms with Crippen molar-refractivity contribution >= 4 is 11.8 Å². The van der Waals surface area contributed by atoms with Gasteiger partial charge in [0.15, 0.2) is 6.61 Å². The molecular weight excluding hydrogens is 448 g/mol. The van der Waals surface area contributed by atoms with E-state index in [2.05, 4.69) is 5.32 Å². The Morgan fingerprint density at radius 2 is 1.56 bits per heavy atom. The van der Waals surface area contributed by atoms with E-state index >= 15 is 0 Å². The fourth-order valence-electron chi connectivity index (χ4n) is 4.07. The number of hydrogen-bond acceptors (Lipinski definition) is 3. The first kappa shape index (κ1) is 27.0. The summed E-state index contributed by atoms with van der Waals surface area (Å²) in [5.74, 6) is 0.295. The van der Waals surface area contributed by atoms with Crippen LogP contribution < -0.4 is 10.1 Å². The molecule has 2 amide bonds. The lowest BCUT2D eigenvalue weighted by atomic mass is 10.0. The van der Waals surface area contributed by atoms with Crippen LogP contribution in [0, 0.1) is 20.8 Å². The highest BCUT2D eigenvalue weighted by molar-refractivity contribution is 5.88. The van der Waals surface area contributed by atoms with Crippen LogP contribution in [-0.2, 0) is 22.6 Å². The standard InChI is InChI=1S/C31H38N2O3/c1-6-25(5)32-31(35)28(19-26-10-8-7-9-11-26)33(20-27-15-12-22(2)13-16-27)30(34)21-36-29-17-14-23(3)18-24(29)4/h7-18,25,28H,6,19-21H2,1-5H3,(H,32,35)/t25-,28+/m0/s1. The summed E-state index contributed by atoms with van der Waals surface area (Å²) in [6.07, 6.45) is 1.23. The molecule has 0 bridgehead atoms. The number of aryl methyl sites for hydroxylation is 3. The molecule has 0 aliphatic heterocycles. The van der Waals surface area contributed by atoms with Crippen LogP contribution in [0.5, 0.6) is 5.75 Å². The second kappa shape index (κ2) is 12.9. The van der Waals surface area contributed by atoms with E-state index in [-0.39, 0.29) is 24.5 Å². The van der Waals surface area contributed by atoms with Crippen molar-refractivity contribution < 1.29 is 14.3 Å². The van der Waals surface area contributed by atoms with Gasteiger partial charge in [-0.25, -0.2) is 0 Å². The highest BCUT2D eigenvalue weighted by Crippen LogP contribution is 2.20. The van der Waals surface area contributed by atoms with Crippen LogP contribution in [0.1, 0.15) is 48.1 Å². The zero-order valence-electron chi connectivity index (χ0n) is 22.1. The monoisotopic (exact) mass is 486 g/mol. The number of nitrogens with zero attached hydrogens (tertiary/aromatic N) is 1. The number of rotatable bonds is 11. The molecule has 0 fully saturated rings. The van der Waals surface area contributed by atoms with Crippen molar-refractivity contribution in [2.75, 3.05) is 6.61 Å². The van der Waals surface area contributed by atoms with Crippen LogP contribution in [0.25, 0.3) is 0 Å². The molecule has 36 heavy (non-hydrogen) atoms. The lowest BCUT2D eigenvalue weighted by Crippen LogP contribution is -2.53. The molecule has 0 heterocycles. The van der Waals surface area contributed by atoms with Gasteiger partial charge in [0.05, 0.1) is 0 Å². The summed E-state index contributed by atoms with van der Waals surface area (Å²) in [5, 5.41) is 3.10. The molecule has 0 spiro atoms. The van der Waals surface area contributed by atoms with Crippen molar-refractivity contribution in [2.45, 2.75) is 66.1 Å². The highest BCUT2D eigenvalue weighted by atomic mass is 16.5. The Hall–Kier alpha value is -3.60. The first-order valence-electron chi connectivity index (χ1n) is 12.7. The molecule has 3 aromatic carbocycles. The predicted octanol–water partition coefficient (Wildman–Crippen LogP) is 5.55. The Labute approximate surface area is 215 Å². The minimum Gasteiger partial charge on any atom is -0.483 e.